The van der Waals surface area contributed by atoms with Crippen LogP contribution in [0.15, 0.2) is 0 Å². The van der Waals surface area contributed by atoms with Crippen LogP contribution in [-0.4, -0.2) is 89.9 Å². The van der Waals surface area contributed by atoms with Gasteiger partial charge in [-0.3, -0.25) is 4.90 Å². The first-order valence-electron chi connectivity index (χ1n) is 8.60. The molecule has 1 rings (SSSR count). The highest BCUT2D eigenvalue weighted by Crippen LogP contribution is 2.24. The maximum atomic E-state index is 10.9. The summed E-state index contributed by atoms with van der Waals surface area (Å²) in [6.07, 6.45) is 4.92. The molecule has 0 heterocycles. The molecule has 0 saturated heterocycles. The van der Waals surface area contributed by atoms with Gasteiger partial charge in [-0.2, -0.15) is 0 Å². The lowest BCUT2D eigenvalue weighted by Gasteiger charge is -2.33. The van der Waals surface area contributed by atoms with Crippen molar-refractivity contribution in [1.82, 2.24) is 9.80 Å². The van der Waals surface area contributed by atoms with Crippen LogP contribution in [-0.2, 0) is 4.74 Å². The van der Waals surface area contributed by atoms with Crippen LogP contribution in [0.25, 0.3) is 0 Å². The highest BCUT2D eigenvalue weighted by molar-refractivity contribution is 5.64. The quantitative estimate of drug-likeness (QED) is 0.489. The predicted molar refractivity (Wildman–Crippen MR) is 87.6 cm³/mol. The second kappa shape index (κ2) is 11.6. The topological polar surface area (TPSA) is 93.5 Å². The number of hydrogen-bond donors (Lipinski definition) is 3. The average Bonchev–Trinajstić information content (AvgIpc) is 2.54. The Kier molecular flexibility index (Phi) is 10.2. The van der Waals surface area contributed by atoms with E-state index in [0.29, 0.717) is 13.1 Å². The normalized spacial score (nSPS) is 21.6. The van der Waals surface area contributed by atoms with Gasteiger partial charge < -0.3 is 25.0 Å². The third-order valence-electron chi connectivity index (χ3n) is 4.55. The number of amides is 1. The van der Waals surface area contributed by atoms with E-state index in [1.54, 1.807) is 7.05 Å². The van der Waals surface area contributed by atoms with Crippen molar-refractivity contribution >= 4 is 6.09 Å². The summed E-state index contributed by atoms with van der Waals surface area (Å²) in [4.78, 5) is 14.4. The summed E-state index contributed by atoms with van der Waals surface area (Å²) in [6, 6.07) is 0.123. The zero-order valence-electron chi connectivity index (χ0n) is 14.2. The molecule has 0 unspecified atom stereocenters. The van der Waals surface area contributed by atoms with Gasteiger partial charge in [0.05, 0.1) is 19.3 Å². The largest absolute Gasteiger partial charge is 0.465 e. The van der Waals surface area contributed by atoms with E-state index in [1.807, 2.05) is 4.90 Å². The molecular weight excluding hydrogens is 300 g/mol. The molecule has 3 N–H and O–H groups in total. The van der Waals surface area contributed by atoms with Gasteiger partial charge in [0.2, 0.25) is 0 Å². The zero-order valence-corrected chi connectivity index (χ0v) is 14.2. The van der Waals surface area contributed by atoms with Crippen LogP contribution in [0, 0.1) is 0 Å². The second-order valence-electron chi connectivity index (χ2n) is 6.19. The lowest BCUT2D eigenvalue weighted by Crippen LogP contribution is -2.40. The number of nitrogens with zero attached hydrogens (tertiary/aromatic N) is 2. The van der Waals surface area contributed by atoms with E-state index in [4.69, 9.17) is 20.1 Å². The summed E-state index contributed by atoms with van der Waals surface area (Å²) in [6.45, 7) is 3.01. The van der Waals surface area contributed by atoms with Crippen molar-refractivity contribution in [3.63, 3.8) is 0 Å². The van der Waals surface area contributed by atoms with E-state index in [-0.39, 0.29) is 25.4 Å². The van der Waals surface area contributed by atoms with E-state index >= 15 is 0 Å². The minimum atomic E-state index is -0.857. The molecule has 136 valence electrons. The molecule has 1 aliphatic rings. The Bertz CT molecular complexity index is 316. The fraction of sp³-hybridized carbons (Fsp3) is 0.938. The molecule has 7 heteroatoms. The molecule has 0 aliphatic heterocycles. The summed E-state index contributed by atoms with van der Waals surface area (Å²) >= 11 is 0. The Morgan fingerprint density at radius 2 is 1.65 bits per heavy atom. The molecule has 0 aromatic rings. The molecule has 0 spiro atoms. The highest BCUT2D eigenvalue weighted by atomic mass is 16.5. The maximum Gasteiger partial charge on any atom is 0.407 e. The first kappa shape index (κ1) is 20.2. The van der Waals surface area contributed by atoms with Crippen LogP contribution in [0.2, 0.25) is 0 Å². The fourth-order valence-electron chi connectivity index (χ4n) is 3.06. The van der Waals surface area contributed by atoms with Crippen molar-refractivity contribution < 1.29 is 24.9 Å². The Balaban J connectivity index is 2.08. The van der Waals surface area contributed by atoms with E-state index in [9.17, 15) is 4.79 Å². The predicted octanol–water partition coefficient (Wildman–Crippen LogP) is 0.991. The molecule has 0 radical (unpaired) electrons. The fourth-order valence-corrected chi connectivity index (χ4v) is 3.06. The Labute approximate surface area is 138 Å². The van der Waals surface area contributed by atoms with Crippen molar-refractivity contribution in [3.05, 3.63) is 0 Å². The van der Waals surface area contributed by atoms with Gasteiger partial charge in [-0.25, -0.2) is 4.79 Å². The number of aliphatic hydroxyl groups is 2. The SMILES string of the molecule is CN(C(=O)O)C1CCC(OCCCCN(CCO)CCO)CC1. The molecule has 1 fully saturated rings. The summed E-state index contributed by atoms with van der Waals surface area (Å²) in [5, 5.41) is 26.9. The molecule has 0 aromatic carbocycles. The highest BCUT2D eigenvalue weighted by Gasteiger charge is 2.26. The molecule has 0 atom stereocenters. The van der Waals surface area contributed by atoms with Gasteiger partial charge in [-0.15, -0.1) is 0 Å². The standard InChI is InChI=1S/C16H32N2O5/c1-17(16(21)22)14-4-6-15(7-5-14)23-13-3-2-8-18(9-11-19)10-12-20/h14-15,19-20H,2-13H2,1H3,(H,21,22). The van der Waals surface area contributed by atoms with Crippen LogP contribution in [0.1, 0.15) is 38.5 Å². The first-order chi connectivity index (χ1) is 11.1. The lowest BCUT2D eigenvalue weighted by atomic mass is 9.92. The molecule has 1 amide bonds. The van der Waals surface area contributed by atoms with Gasteiger partial charge in [0.15, 0.2) is 0 Å². The van der Waals surface area contributed by atoms with Crippen LogP contribution in [0.5, 0.6) is 0 Å². The molecule has 1 aliphatic carbocycles. The average molecular weight is 332 g/mol. The zero-order chi connectivity index (χ0) is 17.1. The maximum absolute atomic E-state index is 10.9. The number of hydrogen-bond acceptors (Lipinski definition) is 5. The smallest absolute Gasteiger partial charge is 0.407 e. The molecule has 23 heavy (non-hydrogen) atoms. The number of ether oxygens (including phenoxy) is 1. The summed E-state index contributed by atoms with van der Waals surface area (Å²) in [7, 11) is 1.64. The minimum absolute atomic E-state index is 0.116. The number of aliphatic hydroxyl groups excluding tert-OH is 2. The van der Waals surface area contributed by atoms with Crippen molar-refractivity contribution in [2.75, 3.05) is 46.5 Å². The van der Waals surface area contributed by atoms with Crippen molar-refractivity contribution in [1.29, 1.82) is 0 Å². The van der Waals surface area contributed by atoms with Crippen LogP contribution < -0.4 is 0 Å². The molecule has 1 saturated carbocycles. The van der Waals surface area contributed by atoms with Crippen molar-refractivity contribution in [3.8, 4) is 0 Å². The van der Waals surface area contributed by atoms with Gasteiger partial charge in [-0.05, 0) is 45.1 Å². The molecule has 7 nitrogen and oxygen atoms in total. The van der Waals surface area contributed by atoms with Gasteiger partial charge in [0, 0.05) is 32.8 Å². The summed E-state index contributed by atoms with van der Waals surface area (Å²) in [5.41, 5.74) is 0. The van der Waals surface area contributed by atoms with Gasteiger partial charge in [0.25, 0.3) is 0 Å². The van der Waals surface area contributed by atoms with E-state index in [0.717, 1.165) is 51.7 Å². The monoisotopic (exact) mass is 332 g/mol. The van der Waals surface area contributed by atoms with Crippen LogP contribution in [0.4, 0.5) is 4.79 Å². The van der Waals surface area contributed by atoms with Crippen molar-refractivity contribution in [2.45, 2.75) is 50.7 Å². The molecule has 0 aromatic heterocycles. The molecular formula is C16H32N2O5. The second-order valence-corrected chi connectivity index (χ2v) is 6.19. The van der Waals surface area contributed by atoms with E-state index in [1.165, 1.54) is 4.90 Å². The van der Waals surface area contributed by atoms with Gasteiger partial charge >= 0.3 is 6.09 Å². The number of rotatable bonds is 11. The van der Waals surface area contributed by atoms with Crippen LogP contribution in [0.3, 0.4) is 0 Å². The number of carbonyl (C=O) groups is 1. The Morgan fingerprint density at radius 1 is 1.04 bits per heavy atom. The Hall–Kier alpha value is -0.890. The minimum Gasteiger partial charge on any atom is -0.465 e. The summed E-state index contributed by atoms with van der Waals surface area (Å²) < 4.78 is 5.89. The van der Waals surface area contributed by atoms with Crippen molar-refractivity contribution in [2.24, 2.45) is 0 Å². The van der Waals surface area contributed by atoms with Crippen LogP contribution >= 0.6 is 0 Å². The Morgan fingerprint density at radius 3 is 2.17 bits per heavy atom. The first-order valence-corrected chi connectivity index (χ1v) is 8.60. The third kappa shape index (κ3) is 7.97. The van der Waals surface area contributed by atoms with E-state index < -0.39 is 6.09 Å². The third-order valence-corrected chi connectivity index (χ3v) is 4.55. The van der Waals surface area contributed by atoms with E-state index in [2.05, 4.69) is 0 Å². The summed E-state index contributed by atoms with van der Waals surface area (Å²) in [5.74, 6) is 0. The van der Waals surface area contributed by atoms with Gasteiger partial charge in [-0.1, -0.05) is 0 Å². The number of carboxylic acid groups (broad SMARTS) is 1. The van der Waals surface area contributed by atoms with Gasteiger partial charge in [0.1, 0.15) is 0 Å². The lowest BCUT2D eigenvalue weighted by molar-refractivity contribution is 0.00923. The molecule has 0 bridgehead atoms. The number of unbranched alkanes of at least 4 members (excludes halogenated alkanes) is 1.